The van der Waals surface area contributed by atoms with Crippen LogP contribution in [0.3, 0.4) is 0 Å². The highest BCUT2D eigenvalue weighted by molar-refractivity contribution is 5.80. The maximum Gasteiger partial charge on any atom is 0.338 e. The predicted octanol–water partition coefficient (Wildman–Crippen LogP) is 0.106. The van der Waals surface area contributed by atoms with E-state index in [-0.39, 0.29) is 12.8 Å². The zero-order chi connectivity index (χ0) is 16.1. The Labute approximate surface area is 130 Å². The van der Waals surface area contributed by atoms with E-state index in [4.69, 9.17) is 4.74 Å². The van der Waals surface area contributed by atoms with Gasteiger partial charge in [0, 0.05) is 12.8 Å². The molecule has 0 aliphatic heterocycles. The standard InChI is InChI=1S/C16H26O6/c1-2-16(6-9-3-4-10(16)5-9)22-14(20)15(21)7-11(17)13(19)12(18)8-15/h9-13,17-19,21H,2-8H2,1H3/t9-,10+,11?,12?,13?,15?,16+/m1/s1. The first-order valence-electron chi connectivity index (χ1n) is 8.29. The summed E-state index contributed by atoms with van der Waals surface area (Å²) in [6.45, 7) is 1.99. The first-order valence-corrected chi connectivity index (χ1v) is 8.29. The van der Waals surface area contributed by atoms with E-state index in [2.05, 4.69) is 0 Å². The smallest absolute Gasteiger partial charge is 0.338 e. The zero-order valence-electron chi connectivity index (χ0n) is 12.9. The molecule has 4 N–H and O–H groups in total. The Kier molecular flexibility index (Phi) is 4.00. The fourth-order valence-corrected chi connectivity index (χ4v) is 4.74. The molecule has 2 unspecified atom stereocenters. The molecule has 22 heavy (non-hydrogen) atoms. The lowest BCUT2D eigenvalue weighted by Gasteiger charge is -2.42. The van der Waals surface area contributed by atoms with Gasteiger partial charge in [-0.15, -0.1) is 0 Å². The lowest BCUT2D eigenvalue weighted by atomic mass is 9.78. The van der Waals surface area contributed by atoms with Crippen molar-refractivity contribution >= 4 is 5.97 Å². The number of carbonyl (C=O) groups is 1. The SMILES string of the molecule is CC[C@]1(OC(=O)C2(O)CC(O)C(O)C(O)C2)C[C@@H]2CC[C@H]1C2. The van der Waals surface area contributed by atoms with Crippen LogP contribution in [0.15, 0.2) is 0 Å². The number of fused-ring (bicyclic) bond motifs is 2. The molecule has 3 aliphatic rings. The molecule has 6 nitrogen and oxygen atoms in total. The Morgan fingerprint density at radius 2 is 1.77 bits per heavy atom. The molecule has 3 rings (SSSR count). The summed E-state index contributed by atoms with van der Waals surface area (Å²) in [7, 11) is 0. The van der Waals surface area contributed by atoms with Gasteiger partial charge in [-0.2, -0.15) is 0 Å². The van der Waals surface area contributed by atoms with Crippen LogP contribution in [0.5, 0.6) is 0 Å². The molecule has 0 aromatic carbocycles. The summed E-state index contributed by atoms with van der Waals surface area (Å²) < 4.78 is 5.76. The number of ether oxygens (including phenoxy) is 1. The van der Waals surface area contributed by atoms with Crippen molar-refractivity contribution in [3.05, 3.63) is 0 Å². The number of aliphatic hydroxyl groups is 4. The fourth-order valence-electron chi connectivity index (χ4n) is 4.74. The molecule has 3 fully saturated rings. The lowest BCUT2D eigenvalue weighted by Crippen LogP contribution is -2.58. The molecule has 3 aliphatic carbocycles. The van der Waals surface area contributed by atoms with E-state index in [0.29, 0.717) is 18.3 Å². The summed E-state index contributed by atoms with van der Waals surface area (Å²) in [6, 6.07) is 0. The van der Waals surface area contributed by atoms with Crippen LogP contribution < -0.4 is 0 Å². The third-order valence-corrected chi connectivity index (χ3v) is 6.08. The van der Waals surface area contributed by atoms with E-state index in [0.717, 1.165) is 19.3 Å². The maximum atomic E-state index is 12.5. The Hall–Kier alpha value is -0.690. The van der Waals surface area contributed by atoms with Crippen LogP contribution >= 0.6 is 0 Å². The molecule has 0 aromatic heterocycles. The molecule has 0 heterocycles. The Balaban J connectivity index is 1.73. The second-order valence-corrected chi connectivity index (χ2v) is 7.45. The van der Waals surface area contributed by atoms with Crippen LogP contribution in [0.1, 0.15) is 51.9 Å². The van der Waals surface area contributed by atoms with Gasteiger partial charge in [0.1, 0.15) is 11.7 Å². The molecule has 0 aromatic rings. The minimum atomic E-state index is -1.93. The Morgan fingerprint density at radius 1 is 1.14 bits per heavy atom. The maximum absolute atomic E-state index is 12.5. The van der Waals surface area contributed by atoms with Gasteiger partial charge in [-0.1, -0.05) is 6.92 Å². The van der Waals surface area contributed by atoms with Crippen molar-refractivity contribution in [2.24, 2.45) is 11.8 Å². The minimum absolute atomic E-state index is 0.308. The lowest BCUT2D eigenvalue weighted by molar-refractivity contribution is -0.209. The van der Waals surface area contributed by atoms with Crippen molar-refractivity contribution < 1.29 is 30.0 Å². The molecule has 2 bridgehead atoms. The van der Waals surface area contributed by atoms with Gasteiger partial charge in [-0.3, -0.25) is 0 Å². The second-order valence-electron chi connectivity index (χ2n) is 7.45. The fraction of sp³-hybridized carbons (Fsp3) is 0.938. The van der Waals surface area contributed by atoms with Crippen LogP contribution in [0.2, 0.25) is 0 Å². The Bertz CT molecular complexity index is 440. The number of aliphatic hydroxyl groups excluding tert-OH is 3. The summed E-state index contributed by atoms with van der Waals surface area (Å²) in [5.41, 5.74) is -2.44. The Morgan fingerprint density at radius 3 is 2.23 bits per heavy atom. The highest BCUT2D eigenvalue weighted by Crippen LogP contribution is 2.54. The van der Waals surface area contributed by atoms with Gasteiger partial charge in [-0.05, 0) is 43.9 Å². The van der Waals surface area contributed by atoms with E-state index < -0.39 is 35.5 Å². The molecule has 126 valence electrons. The molecule has 6 heteroatoms. The second kappa shape index (κ2) is 5.44. The summed E-state index contributed by atoms with van der Waals surface area (Å²) in [6.07, 6.45) is 0.229. The quantitative estimate of drug-likeness (QED) is 0.551. The van der Waals surface area contributed by atoms with Crippen LogP contribution in [-0.4, -0.2) is 55.9 Å². The molecule has 0 radical (unpaired) electrons. The van der Waals surface area contributed by atoms with Crippen LogP contribution in [0.25, 0.3) is 0 Å². The molecule has 0 amide bonds. The first-order chi connectivity index (χ1) is 10.3. The van der Waals surface area contributed by atoms with Gasteiger partial charge < -0.3 is 25.2 Å². The topological polar surface area (TPSA) is 107 Å². The number of rotatable bonds is 3. The molecule has 5 atom stereocenters. The van der Waals surface area contributed by atoms with Gasteiger partial charge in [0.2, 0.25) is 0 Å². The average molecular weight is 314 g/mol. The highest BCUT2D eigenvalue weighted by atomic mass is 16.6. The van der Waals surface area contributed by atoms with Crippen LogP contribution in [0, 0.1) is 11.8 Å². The van der Waals surface area contributed by atoms with Crippen molar-refractivity contribution in [3.63, 3.8) is 0 Å². The predicted molar refractivity (Wildman–Crippen MR) is 76.8 cm³/mol. The van der Waals surface area contributed by atoms with E-state index in [1.807, 2.05) is 6.92 Å². The van der Waals surface area contributed by atoms with Gasteiger partial charge in [0.15, 0.2) is 5.60 Å². The molecular formula is C16H26O6. The van der Waals surface area contributed by atoms with Crippen molar-refractivity contribution in [2.45, 2.75) is 81.4 Å². The zero-order valence-corrected chi connectivity index (χ0v) is 12.9. The number of hydrogen-bond donors (Lipinski definition) is 4. The van der Waals surface area contributed by atoms with Crippen molar-refractivity contribution in [1.82, 2.24) is 0 Å². The van der Waals surface area contributed by atoms with E-state index in [1.54, 1.807) is 0 Å². The largest absolute Gasteiger partial charge is 0.457 e. The monoisotopic (exact) mass is 314 g/mol. The van der Waals surface area contributed by atoms with Gasteiger partial charge in [0.25, 0.3) is 0 Å². The summed E-state index contributed by atoms with van der Waals surface area (Å²) >= 11 is 0. The first kappa shape index (κ1) is 16.2. The van der Waals surface area contributed by atoms with Gasteiger partial charge in [-0.25, -0.2) is 4.79 Å². The summed E-state index contributed by atoms with van der Waals surface area (Å²) in [5, 5.41) is 39.6. The normalized spacial score (nSPS) is 51.0. The minimum Gasteiger partial charge on any atom is -0.457 e. The van der Waals surface area contributed by atoms with E-state index in [1.165, 1.54) is 6.42 Å². The molecular weight excluding hydrogens is 288 g/mol. The van der Waals surface area contributed by atoms with Crippen LogP contribution in [0.4, 0.5) is 0 Å². The molecule has 3 saturated carbocycles. The third-order valence-electron chi connectivity index (χ3n) is 6.08. The van der Waals surface area contributed by atoms with E-state index in [9.17, 15) is 25.2 Å². The van der Waals surface area contributed by atoms with Crippen molar-refractivity contribution in [2.75, 3.05) is 0 Å². The molecule has 0 saturated heterocycles. The van der Waals surface area contributed by atoms with Crippen molar-refractivity contribution in [1.29, 1.82) is 0 Å². The average Bonchev–Trinajstić information content (AvgIpc) is 3.05. The number of hydrogen-bond acceptors (Lipinski definition) is 6. The third kappa shape index (κ3) is 2.46. The van der Waals surface area contributed by atoms with Gasteiger partial charge >= 0.3 is 5.97 Å². The van der Waals surface area contributed by atoms with Crippen LogP contribution in [-0.2, 0) is 9.53 Å². The highest BCUT2D eigenvalue weighted by Gasteiger charge is 2.56. The summed E-state index contributed by atoms with van der Waals surface area (Å²) in [5.74, 6) is 0.169. The molecule has 0 spiro atoms. The summed E-state index contributed by atoms with van der Waals surface area (Å²) in [4.78, 5) is 12.5. The van der Waals surface area contributed by atoms with Gasteiger partial charge in [0.05, 0.1) is 12.2 Å². The van der Waals surface area contributed by atoms with Crippen molar-refractivity contribution in [3.8, 4) is 0 Å². The number of carbonyl (C=O) groups excluding carboxylic acids is 1. The number of esters is 1. The van der Waals surface area contributed by atoms with E-state index >= 15 is 0 Å².